The third-order valence-corrected chi connectivity index (χ3v) is 9.54. The summed E-state index contributed by atoms with van der Waals surface area (Å²) < 4.78 is 0. The Balaban J connectivity index is 0.961. The van der Waals surface area contributed by atoms with Crippen LogP contribution in [0.25, 0.3) is 22.0 Å². The van der Waals surface area contributed by atoms with Crippen LogP contribution in [0.4, 0.5) is 5.95 Å². The van der Waals surface area contributed by atoms with Crippen molar-refractivity contribution in [2.45, 2.75) is 57.0 Å². The Bertz CT molecular complexity index is 2020. The Morgan fingerprint density at radius 3 is 1.90 bits per heavy atom. The highest BCUT2D eigenvalue weighted by atomic mass is 16.2. The molecule has 2 aromatic heterocycles. The number of hydrogen-bond donors (Lipinski definition) is 1. The van der Waals surface area contributed by atoms with Crippen molar-refractivity contribution >= 4 is 40.4 Å². The Morgan fingerprint density at radius 1 is 0.660 bits per heavy atom. The Hall–Kier alpha value is -5.77. The molecule has 3 amide bonds. The predicted molar refractivity (Wildman–Crippen MR) is 190 cm³/mol. The van der Waals surface area contributed by atoms with Gasteiger partial charge in [0, 0.05) is 42.1 Å². The molecule has 4 heterocycles. The summed E-state index contributed by atoms with van der Waals surface area (Å²) in [4.78, 5) is 69.4. The molecule has 0 radical (unpaired) electrons. The summed E-state index contributed by atoms with van der Waals surface area (Å²) in [6.45, 7) is 1.15. The number of benzene rings is 3. The molecule has 0 unspecified atom stereocenters. The summed E-state index contributed by atoms with van der Waals surface area (Å²) in [5.74, 6) is -0.184. The molecule has 2 atom stereocenters. The Labute approximate surface area is 290 Å². The summed E-state index contributed by atoms with van der Waals surface area (Å²) in [7, 11) is 0. The zero-order valence-electron chi connectivity index (χ0n) is 27.7. The number of carbonyl (C=O) groups excluding carboxylic acids is 4. The van der Waals surface area contributed by atoms with Crippen molar-refractivity contribution in [1.29, 1.82) is 0 Å². The molecule has 5 aromatic rings. The van der Waals surface area contributed by atoms with E-state index in [1.54, 1.807) is 22.2 Å². The van der Waals surface area contributed by atoms with E-state index in [1.165, 1.54) is 0 Å². The van der Waals surface area contributed by atoms with Gasteiger partial charge in [-0.3, -0.25) is 29.5 Å². The first kappa shape index (κ1) is 32.8. The lowest BCUT2D eigenvalue weighted by atomic mass is 10.0. The van der Waals surface area contributed by atoms with Crippen LogP contribution in [0.15, 0.2) is 103 Å². The molecule has 0 aliphatic carbocycles. The maximum absolute atomic E-state index is 13.3. The SMILES string of the molecule is O=C(Cc1ccc2cc(-c3cnc(NC(=O)[C@@H]4CCCN4C(=O)Cc4ccccc4)nc3)ccc2n1)[C@@H]1CCCN1C(=O)Cc1ccccc1. The molecular formula is C40H38N6O4. The standard InChI is InChI=1S/C40H38N6O4/c47-36(34-13-7-19-45(34)37(48)21-27-9-3-1-4-10-27)24-32-17-15-30-23-29(16-18-33(30)43-32)31-25-41-40(42-26-31)44-39(50)35-14-8-20-46(35)38(49)22-28-11-5-2-6-12-28/h1-6,9-12,15-18,23,25-26,34-35H,7-8,13-14,19-22,24H2,(H,41,42,44,50)/t34-,35-/m0/s1. The lowest BCUT2D eigenvalue weighted by Crippen LogP contribution is -2.44. The predicted octanol–water partition coefficient (Wildman–Crippen LogP) is 5.21. The van der Waals surface area contributed by atoms with Gasteiger partial charge in [0.15, 0.2) is 5.78 Å². The van der Waals surface area contributed by atoms with Gasteiger partial charge in [-0.25, -0.2) is 9.97 Å². The van der Waals surface area contributed by atoms with Crippen molar-refractivity contribution in [2.75, 3.05) is 18.4 Å². The molecule has 2 fully saturated rings. The maximum Gasteiger partial charge on any atom is 0.249 e. The van der Waals surface area contributed by atoms with Gasteiger partial charge >= 0.3 is 0 Å². The van der Waals surface area contributed by atoms with Crippen molar-refractivity contribution in [3.05, 3.63) is 120 Å². The monoisotopic (exact) mass is 666 g/mol. The molecule has 2 aliphatic heterocycles. The quantitative estimate of drug-likeness (QED) is 0.217. The Morgan fingerprint density at radius 2 is 1.26 bits per heavy atom. The highest BCUT2D eigenvalue weighted by molar-refractivity contribution is 5.97. The molecule has 0 bridgehead atoms. The number of hydrogen-bond acceptors (Lipinski definition) is 7. The number of Topliss-reactive ketones (excluding diaryl/α,β-unsaturated/α-hetero) is 1. The minimum Gasteiger partial charge on any atom is -0.332 e. The van der Waals surface area contributed by atoms with Crippen molar-refractivity contribution < 1.29 is 19.2 Å². The topological polar surface area (TPSA) is 125 Å². The molecule has 10 nitrogen and oxygen atoms in total. The highest BCUT2D eigenvalue weighted by Gasteiger charge is 2.35. The van der Waals surface area contributed by atoms with Crippen LogP contribution in [-0.4, -0.2) is 73.4 Å². The number of amides is 3. The summed E-state index contributed by atoms with van der Waals surface area (Å²) >= 11 is 0. The number of nitrogens with zero attached hydrogens (tertiary/aromatic N) is 5. The van der Waals surface area contributed by atoms with Gasteiger partial charge in [-0.15, -0.1) is 0 Å². The molecule has 2 aliphatic rings. The van der Waals surface area contributed by atoms with Crippen LogP contribution in [0.3, 0.4) is 0 Å². The minimum absolute atomic E-state index is 0.0103. The number of fused-ring (bicyclic) bond motifs is 1. The van der Waals surface area contributed by atoms with E-state index < -0.39 is 12.1 Å². The average molecular weight is 667 g/mol. The molecule has 50 heavy (non-hydrogen) atoms. The van der Waals surface area contributed by atoms with Crippen molar-refractivity contribution in [3.8, 4) is 11.1 Å². The van der Waals surface area contributed by atoms with Gasteiger partial charge in [0.05, 0.1) is 30.8 Å². The zero-order chi connectivity index (χ0) is 34.5. The number of aromatic nitrogens is 3. The van der Waals surface area contributed by atoms with Crippen molar-refractivity contribution in [3.63, 3.8) is 0 Å². The largest absolute Gasteiger partial charge is 0.332 e. The van der Waals surface area contributed by atoms with E-state index in [0.29, 0.717) is 38.0 Å². The molecule has 7 rings (SSSR count). The van der Waals surface area contributed by atoms with E-state index in [2.05, 4.69) is 15.3 Å². The summed E-state index contributed by atoms with van der Waals surface area (Å²) in [6.07, 6.45) is 6.88. The van der Waals surface area contributed by atoms with Crippen LogP contribution in [0.1, 0.15) is 42.5 Å². The zero-order valence-corrected chi connectivity index (χ0v) is 27.7. The van der Waals surface area contributed by atoms with Crippen LogP contribution in [0.2, 0.25) is 0 Å². The molecule has 2 saturated heterocycles. The van der Waals surface area contributed by atoms with Crippen LogP contribution in [0, 0.1) is 0 Å². The maximum atomic E-state index is 13.3. The second-order valence-corrected chi connectivity index (χ2v) is 13.0. The van der Waals surface area contributed by atoms with Gasteiger partial charge in [-0.2, -0.15) is 0 Å². The molecule has 10 heteroatoms. The molecule has 0 spiro atoms. The number of likely N-dealkylation sites (tertiary alicyclic amines) is 2. The van der Waals surface area contributed by atoms with Gasteiger partial charge < -0.3 is 9.80 Å². The van der Waals surface area contributed by atoms with E-state index in [4.69, 9.17) is 4.98 Å². The average Bonchev–Trinajstić information content (AvgIpc) is 3.84. The van der Waals surface area contributed by atoms with E-state index in [0.717, 1.165) is 46.0 Å². The number of nitrogens with one attached hydrogen (secondary N) is 1. The van der Waals surface area contributed by atoms with E-state index in [9.17, 15) is 19.2 Å². The van der Waals surface area contributed by atoms with E-state index in [1.807, 2.05) is 91.0 Å². The van der Waals surface area contributed by atoms with Gasteiger partial charge in [0.1, 0.15) is 6.04 Å². The summed E-state index contributed by atoms with van der Waals surface area (Å²) in [6, 6.07) is 27.8. The smallest absolute Gasteiger partial charge is 0.249 e. The normalized spacial score (nSPS) is 17.2. The molecular weight excluding hydrogens is 628 g/mol. The van der Waals surface area contributed by atoms with Gasteiger partial charge in [0.25, 0.3) is 0 Å². The second kappa shape index (κ2) is 14.8. The van der Waals surface area contributed by atoms with E-state index in [-0.39, 0.29) is 42.3 Å². The van der Waals surface area contributed by atoms with E-state index >= 15 is 0 Å². The lowest BCUT2D eigenvalue weighted by molar-refractivity contribution is -0.136. The number of rotatable bonds is 10. The lowest BCUT2D eigenvalue weighted by Gasteiger charge is -2.24. The molecule has 0 saturated carbocycles. The van der Waals surface area contributed by atoms with Gasteiger partial charge in [-0.05, 0) is 60.6 Å². The molecule has 1 N–H and O–H groups in total. The fourth-order valence-corrected chi connectivity index (χ4v) is 6.96. The number of anilines is 1. The third kappa shape index (κ3) is 7.44. The third-order valence-electron chi connectivity index (χ3n) is 9.54. The molecule has 3 aromatic carbocycles. The molecule has 252 valence electrons. The summed E-state index contributed by atoms with van der Waals surface area (Å²) in [5.41, 5.74) is 4.95. The van der Waals surface area contributed by atoms with Gasteiger partial charge in [-0.1, -0.05) is 72.8 Å². The van der Waals surface area contributed by atoms with Crippen LogP contribution in [0.5, 0.6) is 0 Å². The highest BCUT2D eigenvalue weighted by Crippen LogP contribution is 2.26. The van der Waals surface area contributed by atoms with Crippen LogP contribution >= 0.6 is 0 Å². The van der Waals surface area contributed by atoms with Crippen molar-refractivity contribution in [1.82, 2.24) is 24.8 Å². The van der Waals surface area contributed by atoms with Crippen LogP contribution in [-0.2, 0) is 38.4 Å². The first-order chi connectivity index (χ1) is 24.4. The fraction of sp³-hybridized carbons (Fsp3) is 0.275. The number of ketones is 1. The van der Waals surface area contributed by atoms with Crippen LogP contribution < -0.4 is 5.32 Å². The van der Waals surface area contributed by atoms with Gasteiger partial charge in [0.2, 0.25) is 23.7 Å². The summed E-state index contributed by atoms with van der Waals surface area (Å²) in [5, 5.41) is 3.69. The minimum atomic E-state index is -0.554. The number of pyridine rings is 1. The Kier molecular flexibility index (Phi) is 9.68. The fourth-order valence-electron chi connectivity index (χ4n) is 6.96. The van der Waals surface area contributed by atoms with Crippen molar-refractivity contribution in [2.24, 2.45) is 0 Å². The first-order valence-corrected chi connectivity index (χ1v) is 17.1. The number of carbonyl (C=O) groups is 4. The first-order valence-electron chi connectivity index (χ1n) is 17.1. The second-order valence-electron chi connectivity index (χ2n) is 13.0.